The molecule has 1 aromatic rings. The maximum absolute atomic E-state index is 8.35. The van der Waals surface area contributed by atoms with Crippen LogP contribution in [0.1, 0.15) is 6.42 Å². The van der Waals surface area contributed by atoms with Crippen molar-refractivity contribution in [2.24, 2.45) is 5.73 Å². The van der Waals surface area contributed by atoms with Crippen molar-refractivity contribution >= 4 is 0 Å². The van der Waals surface area contributed by atoms with Crippen molar-refractivity contribution in [3.05, 3.63) is 30.3 Å². The van der Waals surface area contributed by atoms with Gasteiger partial charge >= 0.3 is 0 Å². The first kappa shape index (κ1) is 9.56. The fraction of sp³-hybridized carbons (Fsp3) is 0.300. The minimum Gasteiger partial charge on any atom is -0.492 e. The third kappa shape index (κ3) is 3.59. The smallest absolute Gasteiger partial charge is 0.119 e. The van der Waals surface area contributed by atoms with Gasteiger partial charge in [-0.05, 0) is 12.1 Å². The summed E-state index contributed by atoms with van der Waals surface area (Å²) in [5, 5.41) is 8.35. The lowest BCUT2D eigenvalue weighted by Crippen LogP contribution is -2.27. The highest BCUT2D eigenvalue weighted by molar-refractivity contribution is 5.20. The van der Waals surface area contributed by atoms with Crippen molar-refractivity contribution in [1.82, 2.24) is 0 Å². The van der Waals surface area contributed by atoms with Crippen LogP contribution < -0.4 is 10.5 Å². The number of nitriles is 1. The Morgan fingerprint density at radius 3 is 2.69 bits per heavy atom. The summed E-state index contributed by atoms with van der Waals surface area (Å²) in [5.41, 5.74) is 5.58. The summed E-state index contributed by atoms with van der Waals surface area (Å²) >= 11 is 0. The lowest BCUT2D eigenvalue weighted by molar-refractivity contribution is 0.290. The van der Waals surface area contributed by atoms with E-state index in [4.69, 9.17) is 15.7 Å². The molecule has 13 heavy (non-hydrogen) atoms. The molecule has 3 heteroatoms. The second-order valence-corrected chi connectivity index (χ2v) is 2.75. The molecule has 0 saturated carbocycles. The highest BCUT2D eigenvalue weighted by atomic mass is 16.5. The van der Waals surface area contributed by atoms with Crippen molar-refractivity contribution < 1.29 is 4.74 Å². The SMILES string of the molecule is N#CCC(N)COc1ccccc1. The molecule has 1 aromatic carbocycles. The highest BCUT2D eigenvalue weighted by Gasteiger charge is 2.01. The van der Waals surface area contributed by atoms with Crippen LogP contribution in [0.5, 0.6) is 5.75 Å². The molecule has 0 saturated heterocycles. The van der Waals surface area contributed by atoms with Gasteiger partial charge in [0, 0.05) is 0 Å². The van der Waals surface area contributed by atoms with E-state index >= 15 is 0 Å². The Morgan fingerprint density at radius 2 is 2.08 bits per heavy atom. The summed E-state index contributed by atoms with van der Waals surface area (Å²) in [5.74, 6) is 0.788. The van der Waals surface area contributed by atoms with Gasteiger partial charge in [-0.3, -0.25) is 0 Å². The molecule has 2 N–H and O–H groups in total. The van der Waals surface area contributed by atoms with Crippen molar-refractivity contribution in [3.8, 4) is 11.8 Å². The predicted molar refractivity (Wildman–Crippen MR) is 50.1 cm³/mol. The molecular formula is C10H12N2O. The van der Waals surface area contributed by atoms with Crippen molar-refractivity contribution in [2.75, 3.05) is 6.61 Å². The normalized spacial score (nSPS) is 11.7. The molecule has 0 fully saturated rings. The van der Waals surface area contributed by atoms with E-state index in [1.54, 1.807) is 0 Å². The first-order valence-electron chi connectivity index (χ1n) is 4.13. The second kappa shape index (κ2) is 5.18. The molecule has 68 valence electrons. The predicted octanol–water partition coefficient (Wildman–Crippen LogP) is 1.31. The van der Waals surface area contributed by atoms with E-state index in [0.29, 0.717) is 13.0 Å². The Labute approximate surface area is 77.7 Å². The molecule has 0 spiro atoms. The molecular weight excluding hydrogens is 164 g/mol. The van der Waals surface area contributed by atoms with Gasteiger partial charge in [0.05, 0.1) is 18.5 Å². The van der Waals surface area contributed by atoms with Gasteiger partial charge in [0.25, 0.3) is 0 Å². The van der Waals surface area contributed by atoms with Gasteiger partial charge in [-0.1, -0.05) is 18.2 Å². The Morgan fingerprint density at radius 1 is 1.38 bits per heavy atom. The molecule has 1 atom stereocenters. The summed E-state index contributed by atoms with van der Waals surface area (Å²) in [6, 6.07) is 11.2. The molecule has 1 unspecified atom stereocenters. The molecule has 1 rings (SSSR count). The minimum absolute atomic E-state index is 0.204. The van der Waals surface area contributed by atoms with E-state index in [-0.39, 0.29) is 6.04 Å². The van der Waals surface area contributed by atoms with E-state index in [1.165, 1.54) is 0 Å². The number of benzene rings is 1. The van der Waals surface area contributed by atoms with Gasteiger partial charge in [-0.15, -0.1) is 0 Å². The van der Waals surface area contributed by atoms with Gasteiger partial charge < -0.3 is 10.5 Å². The van der Waals surface area contributed by atoms with Crippen LogP contribution in [-0.2, 0) is 0 Å². The van der Waals surface area contributed by atoms with Crippen molar-refractivity contribution in [3.63, 3.8) is 0 Å². The van der Waals surface area contributed by atoms with Gasteiger partial charge in [0.2, 0.25) is 0 Å². The summed E-state index contributed by atoms with van der Waals surface area (Å²) in [4.78, 5) is 0. The maximum atomic E-state index is 8.35. The number of para-hydroxylation sites is 1. The quantitative estimate of drug-likeness (QED) is 0.752. The van der Waals surface area contributed by atoms with E-state index in [9.17, 15) is 0 Å². The van der Waals surface area contributed by atoms with Gasteiger partial charge in [0.1, 0.15) is 12.4 Å². The maximum Gasteiger partial charge on any atom is 0.119 e. The second-order valence-electron chi connectivity index (χ2n) is 2.75. The fourth-order valence-corrected chi connectivity index (χ4v) is 0.896. The van der Waals surface area contributed by atoms with Crippen molar-refractivity contribution in [2.45, 2.75) is 12.5 Å². The molecule has 0 bridgehead atoms. The fourth-order valence-electron chi connectivity index (χ4n) is 0.896. The summed E-state index contributed by atoms with van der Waals surface area (Å²) in [7, 11) is 0. The van der Waals surface area contributed by atoms with Crippen LogP contribution in [0, 0.1) is 11.3 Å². The average Bonchev–Trinajstić information content (AvgIpc) is 2.17. The zero-order chi connectivity index (χ0) is 9.52. The van der Waals surface area contributed by atoms with Crippen molar-refractivity contribution in [1.29, 1.82) is 5.26 Å². The number of rotatable bonds is 4. The first-order chi connectivity index (χ1) is 6.33. The lowest BCUT2D eigenvalue weighted by atomic mass is 10.2. The topological polar surface area (TPSA) is 59.0 Å². The lowest BCUT2D eigenvalue weighted by Gasteiger charge is -2.09. The Kier molecular flexibility index (Phi) is 3.80. The highest BCUT2D eigenvalue weighted by Crippen LogP contribution is 2.08. The van der Waals surface area contributed by atoms with Crippen LogP contribution >= 0.6 is 0 Å². The van der Waals surface area contributed by atoms with Gasteiger partial charge in [-0.25, -0.2) is 0 Å². The Hall–Kier alpha value is -1.53. The number of nitrogens with two attached hydrogens (primary N) is 1. The number of hydrogen-bond acceptors (Lipinski definition) is 3. The molecule has 0 aliphatic rings. The third-order valence-electron chi connectivity index (χ3n) is 1.56. The minimum atomic E-state index is -0.204. The molecule has 3 nitrogen and oxygen atoms in total. The zero-order valence-corrected chi connectivity index (χ0v) is 7.31. The number of hydrogen-bond donors (Lipinski definition) is 1. The largest absolute Gasteiger partial charge is 0.492 e. The van der Waals surface area contributed by atoms with E-state index < -0.39 is 0 Å². The van der Waals surface area contributed by atoms with Crippen LogP contribution in [0.4, 0.5) is 0 Å². The third-order valence-corrected chi connectivity index (χ3v) is 1.56. The van der Waals surface area contributed by atoms with Gasteiger partial charge in [-0.2, -0.15) is 5.26 Å². The molecule has 0 radical (unpaired) electrons. The molecule has 0 heterocycles. The number of ether oxygens (including phenoxy) is 1. The van der Waals surface area contributed by atoms with Crippen LogP contribution in [0.25, 0.3) is 0 Å². The van der Waals surface area contributed by atoms with Crippen LogP contribution in [0.2, 0.25) is 0 Å². The molecule has 0 aliphatic heterocycles. The zero-order valence-electron chi connectivity index (χ0n) is 7.31. The van der Waals surface area contributed by atoms with Crippen LogP contribution in [-0.4, -0.2) is 12.6 Å². The van der Waals surface area contributed by atoms with Gasteiger partial charge in [0.15, 0.2) is 0 Å². The summed E-state index contributed by atoms with van der Waals surface area (Å²) < 4.78 is 5.34. The van der Waals surface area contributed by atoms with E-state index in [2.05, 4.69) is 0 Å². The Bertz CT molecular complexity index is 279. The average molecular weight is 176 g/mol. The number of nitrogens with zero attached hydrogens (tertiary/aromatic N) is 1. The summed E-state index contributed by atoms with van der Waals surface area (Å²) in [6.45, 7) is 0.386. The molecule has 0 aliphatic carbocycles. The standard InChI is InChI=1S/C10H12N2O/c11-7-6-9(12)8-13-10-4-2-1-3-5-10/h1-5,9H,6,8,12H2. The molecule has 0 amide bonds. The first-order valence-corrected chi connectivity index (χ1v) is 4.13. The van der Waals surface area contributed by atoms with Crippen LogP contribution in [0.3, 0.4) is 0 Å². The van der Waals surface area contributed by atoms with Crippen LogP contribution in [0.15, 0.2) is 30.3 Å². The van der Waals surface area contributed by atoms with E-state index in [0.717, 1.165) is 5.75 Å². The Balaban J connectivity index is 2.32. The monoisotopic (exact) mass is 176 g/mol. The van der Waals surface area contributed by atoms with E-state index in [1.807, 2.05) is 36.4 Å². The molecule has 0 aromatic heterocycles. The summed E-state index contributed by atoms with van der Waals surface area (Å²) in [6.07, 6.45) is 0.326.